The molecule has 2 rings (SSSR count). The number of amides is 1. The number of rotatable bonds is 5. The summed E-state index contributed by atoms with van der Waals surface area (Å²) in [6.45, 7) is 5.09. The highest BCUT2D eigenvalue weighted by atomic mass is 16.1. The average Bonchev–Trinajstić information content (AvgIpc) is 2.91. The molecule has 17 heavy (non-hydrogen) atoms. The Bertz CT molecular complexity index is 265. The fraction of sp³-hybridized carbons (Fsp3) is 0.923. The second-order valence-electron chi connectivity index (χ2n) is 5.42. The lowest BCUT2D eigenvalue weighted by atomic mass is 10.0. The van der Waals surface area contributed by atoms with Crippen LogP contribution in [0.5, 0.6) is 0 Å². The third-order valence-electron chi connectivity index (χ3n) is 4.34. The highest BCUT2D eigenvalue weighted by Gasteiger charge is 2.37. The van der Waals surface area contributed by atoms with Crippen LogP contribution in [0.15, 0.2) is 0 Å². The van der Waals surface area contributed by atoms with E-state index in [-0.39, 0.29) is 5.91 Å². The van der Waals surface area contributed by atoms with E-state index in [9.17, 15) is 4.79 Å². The van der Waals surface area contributed by atoms with Crippen LogP contribution < -0.4 is 11.1 Å². The Morgan fingerprint density at radius 1 is 1.47 bits per heavy atom. The molecule has 2 saturated heterocycles. The van der Waals surface area contributed by atoms with E-state index in [1.165, 1.54) is 19.4 Å². The van der Waals surface area contributed by atoms with Gasteiger partial charge in [-0.2, -0.15) is 0 Å². The fourth-order valence-electron chi connectivity index (χ4n) is 3.17. The van der Waals surface area contributed by atoms with Crippen molar-refractivity contribution in [2.75, 3.05) is 19.6 Å². The summed E-state index contributed by atoms with van der Waals surface area (Å²) in [5.41, 5.74) is 5.64. The van der Waals surface area contributed by atoms with Crippen molar-refractivity contribution in [3.8, 4) is 0 Å². The number of nitrogens with one attached hydrogen (secondary N) is 1. The van der Waals surface area contributed by atoms with Crippen LogP contribution in [0, 0.1) is 5.92 Å². The van der Waals surface area contributed by atoms with E-state index >= 15 is 0 Å². The van der Waals surface area contributed by atoms with Gasteiger partial charge < -0.3 is 11.1 Å². The molecular weight excluding hydrogens is 214 g/mol. The normalized spacial score (nSPS) is 30.2. The van der Waals surface area contributed by atoms with Crippen LogP contribution in [-0.4, -0.2) is 42.5 Å². The summed E-state index contributed by atoms with van der Waals surface area (Å²) in [5, 5.41) is 3.21. The molecule has 3 atom stereocenters. The minimum Gasteiger partial charge on any atom is -0.352 e. The van der Waals surface area contributed by atoms with Crippen LogP contribution in [0.3, 0.4) is 0 Å². The lowest BCUT2D eigenvalue weighted by Crippen LogP contribution is -2.43. The molecule has 1 amide bonds. The molecule has 3 unspecified atom stereocenters. The van der Waals surface area contributed by atoms with Gasteiger partial charge in [0.05, 0.1) is 0 Å². The van der Waals surface area contributed by atoms with Crippen molar-refractivity contribution in [1.29, 1.82) is 0 Å². The molecule has 2 heterocycles. The smallest absolute Gasteiger partial charge is 0.220 e. The van der Waals surface area contributed by atoms with E-state index < -0.39 is 0 Å². The molecule has 2 aliphatic rings. The van der Waals surface area contributed by atoms with Gasteiger partial charge in [0.15, 0.2) is 0 Å². The van der Waals surface area contributed by atoms with Crippen LogP contribution in [0.25, 0.3) is 0 Å². The van der Waals surface area contributed by atoms with Crippen LogP contribution in [0.2, 0.25) is 0 Å². The summed E-state index contributed by atoms with van der Waals surface area (Å²) in [7, 11) is 0. The maximum absolute atomic E-state index is 11.9. The van der Waals surface area contributed by atoms with Gasteiger partial charge in [-0.3, -0.25) is 9.69 Å². The van der Waals surface area contributed by atoms with Gasteiger partial charge in [-0.15, -0.1) is 0 Å². The Morgan fingerprint density at radius 3 is 3.00 bits per heavy atom. The van der Waals surface area contributed by atoms with Crippen molar-refractivity contribution in [2.24, 2.45) is 11.7 Å². The summed E-state index contributed by atoms with van der Waals surface area (Å²) in [4.78, 5) is 14.4. The Labute approximate surface area is 104 Å². The quantitative estimate of drug-likeness (QED) is 0.743. The summed E-state index contributed by atoms with van der Waals surface area (Å²) in [6, 6.07) is 0.997. The first-order chi connectivity index (χ1) is 8.24. The zero-order chi connectivity index (χ0) is 12.3. The fourth-order valence-corrected chi connectivity index (χ4v) is 3.17. The van der Waals surface area contributed by atoms with Crippen molar-refractivity contribution < 1.29 is 4.79 Å². The Hall–Kier alpha value is -0.610. The molecular formula is C13H25N3O. The Balaban J connectivity index is 1.78. The van der Waals surface area contributed by atoms with E-state index in [0.29, 0.717) is 31.0 Å². The van der Waals surface area contributed by atoms with Crippen LogP contribution in [0.4, 0.5) is 0 Å². The van der Waals surface area contributed by atoms with E-state index in [2.05, 4.69) is 17.1 Å². The SMILES string of the molecule is CCC(CN)CC(=O)NC1CCN2CCCC12. The number of carbonyl (C=O) groups excluding carboxylic acids is 1. The van der Waals surface area contributed by atoms with Gasteiger partial charge in [-0.1, -0.05) is 13.3 Å². The zero-order valence-corrected chi connectivity index (χ0v) is 10.8. The van der Waals surface area contributed by atoms with E-state index in [1.807, 2.05) is 0 Å². The largest absolute Gasteiger partial charge is 0.352 e. The minimum absolute atomic E-state index is 0.195. The van der Waals surface area contributed by atoms with Gasteiger partial charge in [-0.25, -0.2) is 0 Å². The number of fused-ring (bicyclic) bond motifs is 1. The molecule has 0 aromatic rings. The van der Waals surface area contributed by atoms with Crippen molar-refractivity contribution in [3.05, 3.63) is 0 Å². The number of nitrogens with zero attached hydrogens (tertiary/aromatic N) is 1. The standard InChI is InChI=1S/C13H25N3O/c1-2-10(9-14)8-13(17)15-11-5-7-16-6-3-4-12(11)16/h10-12H,2-9,14H2,1H3,(H,15,17). The van der Waals surface area contributed by atoms with Gasteiger partial charge in [0.2, 0.25) is 5.91 Å². The first kappa shape index (κ1) is 12.8. The first-order valence-corrected chi connectivity index (χ1v) is 6.98. The predicted octanol–water partition coefficient (Wildman–Crippen LogP) is 0.714. The van der Waals surface area contributed by atoms with E-state index in [0.717, 1.165) is 19.4 Å². The molecule has 98 valence electrons. The summed E-state index contributed by atoms with van der Waals surface area (Å²) >= 11 is 0. The molecule has 0 bridgehead atoms. The van der Waals surface area contributed by atoms with Gasteiger partial charge in [-0.05, 0) is 38.3 Å². The number of hydrogen-bond donors (Lipinski definition) is 2. The summed E-state index contributed by atoms with van der Waals surface area (Å²) < 4.78 is 0. The van der Waals surface area contributed by atoms with Crippen LogP contribution in [0.1, 0.15) is 39.0 Å². The number of carbonyl (C=O) groups is 1. The highest BCUT2D eigenvalue weighted by molar-refractivity contribution is 5.76. The lowest BCUT2D eigenvalue weighted by molar-refractivity contribution is -0.122. The molecule has 0 spiro atoms. The third-order valence-corrected chi connectivity index (χ3v) is 4.34. The summed E-state index contributed by atoms with van der Waals surface area (Å²) in [6.07, 6.45) is 5.24. The third kappa shape index (κ3) is 2.99. The van der Waals surface area contributed by atoms with Crippen molar-refractivity contribution in [3.63, 3.8) is 0 Å². The topological polar surface area (TPSA) is 58.4 Å². The zero-order valence-electron chi connectivity index (χ0n) is 10.8. The minimum atomic E-state index is 0.195. The molecule has 2 aliphatic heterocycles. The molecule has 3 N–H and O–H groups in total. The molecule has 0 aromatic heterocycles. The maximum atomic E-state index is 11.9. The highest BCUT2D eigenvalue weighted by Crippen LogP contribution is 2.28. The molecule has 0 saturated carbocycles. The van der Waals surface area contributed by atoms with E-state index in [1.54, 1.807) is 0 Å². The Kier molecular flexibility index (Phi) is 4.40. The molecule has 0 aromatic carbocycles. The summed E-state index contributed by atoms with van der Waals surface area (Å²) in [5.74, 6) is 0.539. The lowest BCUT2D eigenvalue weighted by Gasteiger charge is -2.22. The molecule has 0 radical (unpaired) electrons. The monoisotopic (exact) mass is 239 g/mol. The van der Waals surface area contributed by atoms with Gasteiger partial charge in [0, 0.05) is 25.0 Å². The number of nitrogens with two attached hydrogens (primary N) is 1. The molecule has 0 aliphatic carbocycles. The first-order valence-electron chi connectivity index (χ1n) is 6.98. The molecule has 4 nitrogen and oxygen atoms in total. The Morgan fingerprint density at radius 2 is 2.29 bits per heavy atom. The van der Waals surface area contributed by atoms with Crippen molar-refractivity contribution in [1.82, 2.24) is 10.2 Å². The van der Waals surface area contributed by atoms with Crippen molar-refractivity contribution in [2.45, 2.75) is 51.1 Å². The second kappa shape index (κ2) is 5.83. The van der Waals surface area contributed by atoms with Crippen LogP contribution >= 0.6 is 0 Å². The van der Waals surface area contributed by atoms with Gasteiger partial charge in [0.1, 0.15) is 0 Å². The second-order valence-corrected chi connectivity index (χ2v) is 5.42. The average molecular weight is 239 g/mol. The predicted molar refractivity (Wildman–Crippen MR) is 68.6 cm³/mol. The molecule has 2 fully saturated rings. The maximum Gasteiger partial charge on any atom is 0.220 e. The number of hydrogen-bond acceptors (Lipinski definition) is 3. The molecule has 4 heteroatoms. The van der Waals surface area contributed by atoms with Crippen molar-refractivity contribution >= 4 is 5.91 Å². The van der Waals surface area contributed by atoms with Crippen LogP contribution in [-0.2, 0) is 4.79 Å². The van der Waals surface area contributed by atoms with Gasteiger partial charge in [0.25, 0.3) is 0 Å². The van der Waals surface area contributed by atoms with E-state index in [4.69, 9.17) is 5.73 Å². The van der Waals surface area contributed by atoms with Gasteiger partial charge >= 0.3 is 0 Å².